The van der Waals surface area contributed by atoms with Gasteiger partial charge < -0.3 is 10.5 Å². The van der Waals surface area contributed by atoms with Gasteiger partial charge in [-0.05, 0) is 36.8 Å². The molecule has 0 heterocycles. The van der Waals surface area contributed by atoms with Crippen LogP contribution in [0.5, 0.6) is 5.75 Å². The van der Waals surface area contributed by atoms with E-state index in [2.05, 4.69) is 0 Å². The second kappa shape index (κ2) is 6.73. The van der Waals surface area contributed by atoms with Crippen LogP contribution >= 0.6 is 23.4 Å². The molecule has 0 aliphatic carbocycles. The molecule has 0 atom stereocenters. The normalized spacial score (nSPS) is 10.4. The minimum atomic E-state index is 0.623. The number of rotatable bonds is 5. The Bertz CT molecular complexity index is 560. The Morgan fingerprint density at radius 1 is 1.21 bits per heavy atom. The number of para-hydroxylation sites is 1. The largest absolute Gasteiger partial charge is 0.493 e. The van der Waals surface area contributed by atoms with Crippen LogP contribution in [-0.2, 0) is 0 Å². The SMILES string of the molecule is Cc1cccc(SCCOc2cccc(Cl)c2)c1N. The average Bonchev–Trinajstić information content (AvgIpc) is 2.39. The summed E-state index contributed by atoms with van der Waals surface area (Å²) in [6.07, 6.45) is 0. The molecule has 0 fully saturated rings. The molecule has 2 aromatic rings. The fraction of sp³-hybridized carbons (Fsp3) is 0.200. The van der Waals surface area contributed by atoms with Gasteiger partial charge in [-0.25, -0.2) is 0 Å². The maximum Gasteiger partial charge on any atom is 0.120 e. The average molecular weight is 294 g/mol. The highest BCUT2D eigenvalue weighted by molar-refractivity contribution is 7.99. The Kier molecular flexibility index (Phi) is 5.00. The van der Waals surface area contributed by atoms with Gasteiger partial charge in [0.05, 0.1) is 6.61 Å². The minimum absolute atomic E-state index is 0.623. The minimum Gasteiger partial charge on any atom is -0.493 e. The Balaban J connectivity index is 1.82. The van der Waals surface area contributed by atoms with Crippen LogP contribution in [0.4, 0.5) is 5.69 Å². The summed E-state index contributed by atoms with van der Waals surface area (Å²) in [7, 11) is 0. The first-order valence-corrected chi connectivity index (χ1v) is 7.39. The zero-order chi connectivity index (χ0) is 13.7. The van der Waals surface area contributed by atoms with E-state index in [1.54, 1.807) is 11.8 Å². The molecule has 2 nitrogen and oxygen atoms in total. The van der Waals surface area contributed by atoms with Gasteiger partial charge in [0.15, 0.2) is 0 Å². The molecule has 2 aromatic carbocycles. The Morgan fingerprint density at radius 2 is 2.00 bits per heavy atom. The van der Waals surface area contributed by atoms with Gasteiger partial charge >= 0.3 is 0 Å². The molecular weight excluding hydrogens is 278 g/mol. The van der Waals surface area contributed by atoms with Crippen molar-refractivity contribution in [3.05, 3.63) is 53.1 Å². The molecule has 0 aliphatic rings. The lowest BCUT2D eigenvalue weighted by atomic mass is 10.2. The molecule has 4 heteroatoms. The number of anilines is 1. The third-order valence-corrected chi connectivity index (χ3v) is 3.96. The van der Waals surface area contributed by atoms with Gasteiger partial charge in [0.2, 0.25) is 0 Å². The van der Waals surface area contributed by atoms with Crippen LogP contribution in [0.2, 0.25) is 5.02 Å². The zero-order valence-electron chi connectivity index (χ0n) is 10.7. The number of nitrogens with two attached hydrogens (primary N) is 1. The molecule has 0 radical (unpaired) electrons. The first-order chi connectivity index (χ1) is 9.16. The lowest BCUT2D eigenvalue weighted by Gasteiger charge is -2.09. The molecule has 0 saturated carbocycles. The highest BCUT2D eigenvalue weighted by Gasteiger charge is 2.02. The topological polar surface area (TPSA) is 35.2 Å². The fourth-order valence-corrected chi connectivity index (χ4v) is 2.71. The van der Waals surface area contributed by atoms with Crippen molar-refractivity contribution >= 4 is 29.1 Å². The van der Waals surface area contributed by atoms with Crippen molar-refractivity contribution in [2.45, 2.75) is 11.8 Å². The predicted molar refractivity (Wildman–Crippen MR) is 83.3 cm³/mol. The summed E-state index contributed by atoms with van der Waals surface area (Å²) in [6.45, 7) is 2.64. The third-order valence-electron chi connectivity index (χ3n) is 2.69. The zero-order valence-corrected chi connectivity index (χ0v) is 12.3. The van der Waals surface area contributed by atoms with E-state index in [1.165, 1.54) is 0 Å². The van der Waals surface area contributed by atoms with Crippen molar-refractivity contribution in [2.75, 3.05) is 18.1 Å². The molecule has 0 aliphatic heterocycles. The molecule has 19 heavy (non-hydrogen) atoms. The monoisotopic (exact) mass is 293 g/mol. The smallest absolute Gasteiger partial charge is 0.120 e. The molecule has 100 valence electrons. The summed E-state index contributed by atoms with van der Waals surface area (Å²) in [6, 6.07) is 13.5. The summed E-state index contributed by atoms with van der Waals surface area (Å²) < 4.78 is 5.63. The van der Waals surface area contributed by atoms with Gasteiger partial charge in [-0.1, -0.05) is 29.8 Å². The maximum absolute atomic E-state index is 6.02. The van der Waals surface area contributed by atoms with E-state index >= 15 is 0 Å². The van der Waals surface area contributed by atoms with Gasteiger partial charge in [0.1, 0.15) is 5.75 Å². The van der Waals surface area contributed by atoms with E-state index < -0.39 is 0 Å². The van der Waals surface area contributed by atoms with Crippen LogP contribution in [0.25, 0.3) is 0 Å². The van der Waals surface area contributed by atoms with Gasteiger partial charge in [0, 0.05) is 21.4 Å². The maximum atomic E-state index is 6.02. The van der Waals surface area contributed by atoms with E-state index in [0.717, 1.165) is 27.6 Å². The van der Waals surface area contributed by atoms with Crippen LogP contribution in [0.15, 0.2) is 47.4 Å². The summed E-state index contributed by atoms with van der Waals surface area (Å²) in [4.78, 5) is 1.11. The highest BCUT2D eigenvalue weighted by Crippen LogP contribution is 2.27. The van der Waals surface area contributed by atoms with Crippen LogP contribution < -0.4 is 10.5 Å². The lowest BCUT2D eigenvalue weighted by Crippen LogP contribution is -2.01. The number of aryl methyl sites for hydroxylation is 1. The van der Waals surface area contributed by atoms with Crippen molar-refractivity contribution in [3.63, 3.8) is 0 Å². The van der Waals surface area contributed by atoms with E-state index in [4.69, 9.17) is 22.1 Å². The van der Waals surface area contributed by atoms with Gasteiger partial charge in [0.25, 0.3) is 0 Å². The van der Waals surface area contributed by atoms with Crippen molar-refractivity contribution < 1.29 is 4.74 Å². The van der Waals surface area contributed by atoms with E-state index in [-0.39, 0.29) is 0 Å². The summed E-state index contributed by atoms with van der Waals surface area (Å²) in [5.74, 6) is 1.64. The van der Waals surface area contributed by atoms with Crippen molar-refractivity contribution in [1.29, 1.82) is 0 Å². The van der Waals surface area contributed by atoms with Crippen molar-refractivity contribution in [2.24, 2.45) is 0 Å². The number of thioether (sulfide) groups is 1. The van der Waals surface area contributed by atoms with Gasteiger partial charge in [-0.2, -0.15) is 0 Å². The lowest BCUT2D eigenvalue weighted by molar-refractivity contribution is 0.344. The van der Waals surface area contributed by atoms with E-state index in [0.29, 0.717) is 11.6 Å². The predicted octanol–water partition coefficient (Wildman–Crippen LogP) is 4.40. The van der Waals surface area contributed by atoms with E-state index in [9.17, 15) is 0 Å². The molecule has 2 N–H and O–H groups in total. The summed E-state index contributed by atoms with van der Waals surface area (Å²) in [5, 5.41) is 0.688. The van der Waals surface area contributed by atoms with Gasteiger partial charge in [-0.3, -0.25) is 0 Å². The molecule has 0 bridgehead atoms. The van der Waals surface area contributed by atoms with Crippen molar-refractivity contribution in [1.82, 2.24) is 0 Å². The Hall–Kier alpha value is -1.32. The Labute approximate surface area is 122 Å². The molecule has 0 spiro atoms. The van der Waals surface area contributed by atoms with Crippen LogP contribution in [-0.4, -0.2) is 12.4 Å². The first-order valence-electron chi connectivity index (χ1n) is 6.03. The number of halogens is 1. The Morgan fingerprint density at radius 3 is 2.79 bits per heavy atom. The number of benzene rings is 2. The molecule has 2 rings (SSSR count). The first kappa shape index (κ1) is 14.1. The molecule has 0 saturated heterocycles. The standard InChI is InChI=1S/C15H16ClNOS/c1-11-4-2-7-14(15(11)17)19-9-8-18-13-6-3-5-12(16)10-13/h2-7,10H,8-9,17H2,1H3. The fourth-order valence-electron chi connectivity index (χ4n) is 1.65. The number of hydrogen-bond donors (Lipinski definition) is 1. The number of ether oxygens (including phenoxy) is 1. The van der Waals surface area contributed by atoms with Crippen LogP contribution in [0.1, 0.15) is 5.56 Å². The molecule has 0 aromatic heterocycles. The molecular formula is C15H16ClNOS. The molecule has 0 unspecified atom stereocenters. The summed E-state index contributed by atoms with van der Waals surface area (Å²) in [5.41, 5.74) is 7.99. The van der Waals surface area contributed by atoms with Crippen LogP contribution in [0.3, 0.4) is 0 Å². The quantitative estimate of drug-likeness (QED) is 0.504. The van der Waals surface area contributed by atoms with E-state index in [1.807, 2.05) is 49.4 Å². The molecule has 0 amide bonds. The number of nitrogen functional groups attached to an aromatic ring is 1. The second-order valence-corrected chi connectivity index (χ2v) is 5.71. The third kappa shape index (κ3) is 4.08. The van der Waals surface area contributed by atoms with Crippen molar-refractivity contribution in [3.8, 4) is 5.75 Å². The highest BCUT2D eigenvalue weighted by atomic mass is 35.5. The summed E-state index contributed by atoms with van der Waals surface area (Å²) >= 11 is 7.59. The van der Waals surface area contributed by atoms with Gasteiger partial charge in [-0.15, -0.1) is 11.8 Å². The number of hydrogen-bond acceptors (Lipinski definition) is 3. The second-order valence-electron chi connectivity index (χ2n) is 4.14. The van der Waals surface area contributed by atoms with Crippen LogP contribution in [0, 0.1) is 6.92 Å².